The van der Waals surface area contributed by atoms with Crippen LogP contribution in [-0.4, -0.2) is 12.1 Å². The van der Waals surface area contributed by atoms with Crippen molar-refractivity contribution < 1.29 is 4.74 Å². The SMILES string of the molecule is CCCC(C)OC(c1ccc(C)s1)C(N)CC. The molecule has 3 unspecified atom stereocenters. The lowest BCUT2D eigenvalue weighted by Crippen LogP contribution is -2.31. The van der Waals surface area contributed by atoms with E-state index in [9.17, 15) is 0 Å². The van der Waals surface area contributed by atoms with Gasteiger partial charge in [-0.05, 0) is 38.8 Å². The van der Waals surface area contributed by atoms with E-state index in [1.54, 1.807) is 11.3 Å². The van der Waals surface area contributed by atoms with Gasteiger partial charge in [0.1, 0.15) is 6.10 Å². The Morgan fingerprint density at radius 3 is 2.53 bits per heavy atom. The Morgan fingerprint density at radius 2 is 2.06 bits per heavy atom. The van der Waals surface area contributed by atoms with Gasteiger partial charge in [0.2, 0.25) is 0 Å². The van der Waals surface area contributed by atoms with Crippen LogP contribution in [0, 0.1) is 6.92 Å². The molecule has 2 N–H and O–H groups in total. The highest BCUT2D eigenvalue weighted by atomic mass is 32.1. The third-order valence-electron chi connectivity index (χ3n) is 2.98. The zero-order valence-corrected chi connectivity index (χ0v) is 12.2. The highest BCUT2D eigenvalue weighted by Crippen LogP contribution is 2.30. The summed E-state index contributed by atoms with van der Waals surface area (Å²) in [6.45, 7) is 8.56. The lowest BCUT2D eigenvalue weighted by Gasteiger charge is -2.26. The number of hydrogen-bond donors (Lipinski definition) is 1. The monoisotopic (exact) mass is 255 g/mol. The van der Waals surface area contributed by atoms with Gasteiger partial charge in [-0.15, -0.1) is 11.3 Å². The van der Waals surface area contributed by atoms with Crippen LogP contribution in [0.4, 0.5) is 0 Å². The van der Waals surface area contributed by atoms with E-state index in [-0.39, 0.29) is 18.2 Å². The number of rotatable bonds is 7. The molecule has 3 heteroatoms. The second kappa shape index (κ2) is 7.14. The number of hydrogen-bond acceptors (Lipinski definition) is 3. The summed E-state index contributed by atoms with van der Waals surface area (Å²) in [7, 11) is 0. The molecule has 1 aromatic heterocycles. The summed E-state index contributed by atoms with van der Waals surface area (Å²) in [5.74, 6) is 0. The van der Waals surface area contributed by atoms with Gasteiger partial charge >= 0.3 is 0 Å². The molecule has 2 nitrogen and oxygen atoms in total. The fourth-order valence-corrected chi connectivity index (χ4v) is 2.91. The molecular formula is C14H25NOS. The molecule has 3 atom stereocenters. The van der Waals surface area contributed by atoms with Crippen LogP contribution in [0.5, 0.6) is 0 Å². The normalized spacial score (nSPS) is 16.8. The third kappa shape index (κ3) is 4.41. The van der Waals surface area contributed by atoms with Crippen molar-refractivity contribution in [2.45, 2.75) is 65.2 Å². The lowest BCUT2D eigenvalue weighted by molar-refractivity contribution is -0.0202. The van der Waals surface area contributed by atoms with Crippen molar-refractivity contribution in [1.82, 2.24) is 0 Å². The zero-order chi connectivity index (χ0) is 12.8. The van der Waals surface area contributed by atoms with Crippen LogP contribution < -0.4 is 5.73 Å². The van der Waals surface area contributed by atoms with Crippen molar-refractivity contribution in [3.05, 3.63) is 21.9 Å². The van der Waals surface area contributed by atoms with Crippen molar-refractivity contribution in [1.29, 1.82) is 0 Å². The fourth-order valence-electron chi connectivity index (χ4n) is 1.92. The average Bonchev–Trinajstić information content (AvgIpc) is 2.72. The van der Waals surface area contributed by atoms with Crippen LogP contribution >= 0.6 is 11.3 Å². The molecule has 0 radical (unpaired) electrons. The van der Waals surface area contributed by atoms with Crippen molar-refractivity contribution in [2.24, 2.45) is 5.73 Å². The van der Waals surface area contributed by atoms with Gasteiger partial charge in [0.25, 0.3) is 0 Å². The lowest BCUT2D eigenvalue weighted by atomic mass is 10.1. The van der Waals surface area contributed by atoms with E-state index in [2.05, 4.69) is 39.8 Å². The van der Waals surface area contributed by atoms with Crippen LogP contribution in [0.3, 0.4) is 0 Å². The summed E-state index contributed by atoms with van der Waals surface area (Å²) in [5, 5.41) is 0. The molecule has 0 aliphatic carbocycles. The molecule has 0 fully saturated rings. The summed E-state index contributed by atoms with van der Waals surface area (Å²) < 4.78 is 6.13. The van der Waals surface area contributed by atoms with E-state index in [0.717, 1.165) is 19.3 Å². The molecule has 1 heterocycles. The van der Waals surface area contributed by atoms with Crippen LogP contribution in [0.25, 0.3) is 0 Å². The first-order valence-electron chi connectivity index (χ1n) is 6.55. The third-order valence-corrected chi connectivity index (χ3v) is 4.04. The predicted molar refractivity (Wildman–Crippen MR) is 75.5 cm³/mol. The molecule has 0 amide bonds. The Labute approximate surface area is 109 Å². The Bertz CT molecular complexity index is 324. The molecule has 1 rings (SSSR count). The Hall–Kier alpha value is -0.380. The number of ether oxygens (including phenoxy) is 1. The highest BCUT2D eigenvalue weighted by molar-refractivity contribution is 7.12. The standard InChI is InChI=1S/C14H25NOS/c1-5-7-10(3)16-14(12(15)6-2)13-9-8-11(4)17-13/h8-10,12,14H,5-7,15H2,1-4H3. The van der Waals surface area contributed by atoms with Crippen molar-refractivity contribution in [3.8, 4) is 0 Å². The van der Waals surface area contributed by atoms with E-state index < -0.39 is 0 Å². The summed E-state index contributed by atoms with van der Waals surface area (Å²) in [5.41, 5.74) is 6.18. The molecule has 0 saturated carbocycles. The molecule has 0 saturated heterocycles. The van der Waals surface area contributed by atoms with Crippen LogP contribution in [0.2, 0.25) is 0 Å². The largest absolute Gasteiger partial charge is 0.368 e. The minimum atomic E-state index is 0.0558. The van der Waals surface area contributed by atoms with E-state index >= 15 is 0 Å². The minimum Gasteiger partial charge on any atom is -0.368 e. The first-order valence-corrected chi connectivity index (χ1v) is 7.37. The molecule has 1 aromatic rings. The first kappa shape index (κ1) is 14.7. The zero-order valence-electron chi connectivity index (χ0n) is 11.4. The van der Waals surface area contributed by atoms with Gasteiger partial charge in [-0.25, -0.2) is 0 Å². The Balaban J connectivity index is 2.74. The Kier molecular flexibility index (Phi) is 6.17. The molecular weight excluding hydrogens is 230 g/mol. The van der Waals surface area contributed by atoms with Crippen molar-refractivity contribution in [3.63, 3.8) is 0 Å². The predicted octanol–water partition coefficient (Wildman–Crippen LogP) is 4.04. The molecule has 0 aliphatic heterocycles. The first-order chi connectivity index (χ1) is 8.08. The molecule has 0 aliphatic rings. The second-order valence-electron chi connectivity index (χ2n) is 4.68. The van der Waals surface area contributed by atoms with Gasteiger partial charge in [0.05, 0.1) is 6.10 Å². The molecule has 0 spiro atoms. The van der Waals surface area contributed by atoms with E-state index in [4.69, 9.17) is 10.5 Å². The highest BCUT2D eigenvalue weighted by Gasteiger charge is 2.22. The summed E-state index contributed by atoms with van der Waals surface area (Å²) >= 11 is 1.79. The quantitative estimate of drug-likeness (QED) is 0.798. The smallest absolute Gasteiger partial charge is 0.107 e. The van der Waals surface area contributed by atoms with E-state index in [1.807, 2.05) is 0 Å². The van der Waals surface area contributed by atoms with Gasteiger partial charge in [-0.2, -0.15) is 0 Å². The number of nitrogens with two attached hydrogens (primary N) is 1. The number of thiophene rings is 1. The summed E-state index contributed by atoms with van der Waals surface area (Å²) in [6.07, 6.45) is 3.53. The van der Waals surface area contributed by atoms with Gasteiger partial charge in [0.15, 0.2) is 0 Å². The van der Waals surface area contributed by atoms with Crippen molar-refractivity contribution in [2.75, 3.05) is 0 Å². The Morgan fingerprint density at radius 1 is 1.35 bits per heavy atom. The van der Waals surface area contributed by atoms with Crippen LogP contribution in [-0.2, 0) is 4.74 Å². The van der Waals surface area contributed by atoms with Crippen LogP contribution in [0.1, 0.15) is 55.9 Å². The van der Waals surface area contributed by atoms with Crippen molar-refractivity contribution >= 4 is 11.3 Å². The minimum absolute atomic E-state index is 0.0558. The van der Waals surface area contributed by atoms with Gasteiger partial charge in [-0.1, -0.05) is 20.3 Å². The number of aryl methyl sites for hydroxylation is 1. The second-order valence-corrected chi connectivity index (χ2v) is 6.00. The van der Waals surface area contributed by atoms with Crippen LogP contribution in [0.15, 0.2) is 12.1 Å². The molecule has 17 heavy (non-hydrogen) atoms. The maximum atomic E-state index is 6.18. The summed E-state index contributed by atoms with van der Waals surface area (Å²) in [4.78, 5) is 2.58. The van der Waals surface area contributed by atoms with E-state index in [1.165, 1.54) is 9.75 Å². The van der Waals surface area contributed by atoms with Gasteiger partial charge in [0, 0.05) is 15.8 Å². The van der Waals surface area contributed by atoms with Gasteiger partial charge in [-0.3, -0.25) is 0 Å². The summed E-state index contributed by atoms with van der Waals surface area (Å²) in [6, 6.07) is 4.38. The molecule has 0 aromatic carbocycles. The maximum absolute atomic E-state index is 6.18. The molecule has 98 valence electrons. The van der Waals surface area contributed by atoms with E-state index in [0.29, 0.717) is 0 Å². The topological polar surface area (TPSA) is 35.2 Å². The average molecular weight is 255 g/mol. The maximum Gasteiger partial charge on any atom is 0.107 e. The fraction of sp³-hybridized carbons (Fsp3) is 0.714. The molecule has 0 bridgehead atoms. The van der Waals surface area contributed by atoms with Gasteiger partial charge < -0.3 is 10.5 Å².